The summed E-state index contributed by atoms with van der Waals surface area (Å²) >= 11 is 1.73. The third-order valence-corrected chi connectivity index (χ3v) is 7.42. The van der Waals surface area contributed by atoms with E-state index in [0.717, 1.165) is 28.5 Å². The summed E-state index contributed by atoms with van der Waals surface area (Å²) < 4.78 is 5.41. The second-order valence-corrected chi connectivity index (χ2v) is 8.74. The molecule has 5 nitrogen and oxygen atoms in total. The van der Waals surface area contributed by atoms with E-state index in [-0.39, 0.29) is 22.9 Å². The minimum Gasteiger partial charge on any atom is -0.497 e. The van der Waals surface area contributed by atoms with Crippen LogP contribution in [0.15, 0.2) is 59.7 Å². The molecule has 1 saturated heterocycles. The molecule has 0 N–H and O–H groups in total. The zero-order chi connectivity index (χ0) is 20.6. The molecule has 0 bridgehead atoms. The van der Waals surface area contributed by atoms with Crippen molar-refractivity contribution in [3.05, 3.63) is 60.2 Å². The van der Waals surface area contributed by atoms with Gasteiger partial charge in [0.25, 0.3) is 5.91 Å². The molecular formula is C23H24N2O3S. The number of carbonyl (C=O) groups is 2. The van der Waals surface area contributed by atoms with E-state index in [9.17, 15) is 9.59 Å². The van der Waals surface area contributed by atoms with Crippen molar-refractivity contribution in [1.29, 1.82) is 0 Å². The van der Waals surface area contributed by atoms with Gasteiger partial charge in [-0.2, -0.15) is 21.9 Å². The SMILES string of the molecule is COc1cccc([C@@H]2SC[C@H](CC(C)=O)[C@@]23C(=O)N(c2ccccc2)N=C3C)c1. The number of benzene rings is 2. The van der Waals surface area contributed by atoms with Crippen molar-refractivity contribution in [2.24, 2.45) is 16.4 Å². The second kappa shape index (κ2) is 7.67. The normalized spacial score (nSPS) is 26.1. The van der Waals surface area contributed by atoms with Gasteiger partial charge in [0.1, 0.15) is 16.9 Å². The summed E-state index contributed by atoms with van der Waals surface area (Å²) in [5, 5.41) is 6.09. The molecule has 0 aromatic heterocycles. The predicted molar refractivity (Wildman–Crippen MR) is 116 cm³/mol. The Morgan fingerprint density at radius 3 is 2.69 bits per heavy atom. The van der Waals surface area contributed by atoms with Crippen molar-refractivity contribution in [3.63, 3.8) is 0 Å². The quantitative estimate of drug-likeness (QED) is 0.732. The Balaban J connectivity index is 1.83. The van der Waals surface area contributed by atoms with E-state index >= 15 is 0 Å². The molecule has 2 aromatic carbocycles. The molecule has 6 heteroatoms. The number of hydrazone groups is 1. The van der Waals surface area contributed by atoms with Crippen LogP contribution in [0.4, 0.5) is 5.69 Å². The lowest BCUT2D eigenvalue weighted by molar-refractivity contribution is -0.126. The first-order valence-corrected chi connectivity index (χ1v) is 10.7. The molecule has 2 aliphatic heterocycles. The largest absolute Gasteiger partial charge is 0.497 e. The Labute approximate surface area is 175 Å². The summed E-state index contributed by atoms with van der Waals surface area (Å²) in [5.74, 6) is 1.45. The summed E-state index contributed by atoms with van der Waals surface area (Å²) in [5.41, 5.74) is 1.71. The molecule has 2 aromatic rings. The van der Waals surface area contributed by atoms with Crippen molar-refractivity contribution in [3.8, 4) is 5.75 Å². The van der Waals surface area contributed by atoms with Gasteiger partial charge in [-0.3, -0.25) is 4.79 Å². The molecule has 1 amide bonds. The van der Waals surface area contributed by atoms with Crippen LogP contribution in [0.3, 0.4) is 0 Å². The highest BCUT2D eigenvalue weighted by Gasteiger charge is 2.63. The average molecular weight is 409 g/mol. The van der Waals surface area contributed by atoms with Crippen LogP contribution in [0.5, 0.6) is 5.75 Å². The van der Waals surface area contributed by atoms with Gasteiger partial charge in [-0.1, -0.05) is 30.3 Å². The molecule has 4 rings (SSSR count). The van der Waals surface area contributed by atoms with Gasteiger partial charge in [-0.05, 0) is 55.3 Å². The third kappa shape index (κ3) is 3.15. The molecule has 1 spiro atoms. The van der Waals surface area contributed by atoms with Gasteiger partial charge in [0.2, 0.25) is 0 Å². The van der Waals surface area contributed by atoms with Crippen LogP contribution in [-0.2, 0) is 9.59 Å². The first kappa shape index (κ1) is 19.7. The van der Waals surface area contributed by atoms with Crippen LogP contribution >= 0.6 is 11.8 Å². The maximum absolute atomic E-state index is 13.9. The number of carbonyl (C=O) groups excluding carboxylic acids is 2. The summed E-state index contributed by atoms with van der Waals surface area (Å²) in [6.45, 7) is 3.52. The summed E-state index contributed by atoms with van der Waals surface area (Å²) in [6.07, 6.45) is 0.370. The van der Waals surface area contributed by atoms with Crippen LogP contribution in [0.2, 0.25) is 0 Å². The highest BCUT2D eigenvalue weighted by Crippen LogP contribution is 2.61. The van der Waals surface area contributed by atoms with Crippen LogP contribution in [-0.4, -0.2) is 30.3 Å². The lowest BCUT2D eigenvalue weighted by atomic mass is 9.67. The third-order valence-electron chi connectivity index (χ3n) is 5.85. The molecule has 0 saturated carbocycles. The number of hydrogen-bond acceptors (Lipinski definition) is 5. The number of para-hydroxylation sites is 1. The number of ketones is 1. The first-order valence-electron chi connectivity index (χ1n) is 9.68. The number of nitrogens with zero attached hydrogens (tertiary/aromatic N) is 2. The number of amides is 1. The van der Waals surface area contributed by atoms with Gasteiger partial charge in [0.05, 0.1) is 23.8 Å². The number of anilines is 1. The van der Waals surface area contributed by atoms with Crippen LogP contribution in [0, 0.1) is 11.3 Å². The molecule has 3 atom stereocenters. The Bertz CT molecular complexity index is 975. The van der Waals surface area contributed by atoms with Gasteiger partial charge in [0.15, 0.2) is 0 Å². The number of methoxy groups -OCH3 is 1. The first-order chi connectivity index (χ1) is 14.0. The average Bonchev–Trinajstić information content (AvgIpc) is 3.23. The summed E-state index contributed by atoms with van der Waals surface area (Å²) in [7, 11) is 1.64. The smallest absolute Gasteiger partial charge is 0.261 e. The summed E-state index contributed by atoms with van der Waals surface area (Å²) in [6, 6.07) is 17.3. The van der Waals surface area contributed by atoms with Gasteiger partial charge in [-0.25, -0.2) is 0 Å². The van der Waals surface area contributed by atoms with Crippen molar-refractivity contribution in [2.45, 2.75) is 25.5 Å². The lowest BCUT2D eigenvalue weighted by Gasteiger charge is -2.34. The van der Waals surface area contributed by atoms with E-state index in [0.29, 0.717) is 6.42 Å². The fourth-order valence-corrected chi connectivity index (χ4v) is 6.42. The van der Waals surface area contributed by atoms with Gasteiger partial charge in [-0.15, -0.1) is 0 Å². The van der Waals surface area contributed by atoms with Gasteiger partial charge >= 0.3 is 0 Å². The van der Waals surface area contributed by atoms with Crippen molar-refractivity contribution in [2.75, 3.05) is 17.9 Å². The second-order valence-electron chi connectivity index (χ2n) is 7.60. The maximum Gasteiger partial charge on any atom is 0.261 e. The van der Waals surface area contributed by atoms with E-state index in [1.54, 1.807) is 25.8 Å². The Morgan fingerprint density at radius 2 is 2.00 bits per heavy atom. The zero-order valence-electron chi connectivity index (χ0n) is 16.8. The van der Waals surface area contributed by atoms with E-state index in [2.05, 4.69) is 0 Å². The Kier molecular flexibility index (Phi) is 5.21. The number of hydrogen-bond donors (Lipinski definition) is 0. The molecule has 29 heavy (non-hydrogen) atoms. The van der Waals surface area contributed by atoms with E-state index in [1.165, 1.54) is 5.01 Å². The minimum absolute atomic E-state index is 0.0507. The molecule has 150 valence electrons. The fraction of sp³-hybridized carbons (Fsp3) is 0.348. The van der Waals surface area contributed by atoms with Crippen molar-refractivity contribution in [1.82, 2.24) is 0 Å². The van der Waals surface area contributed by atoms with E-state index < -0.39 is 5.41 Å². The van der Waals surface area contributed by atoms with Crippen molar-refractivity contribution < 1.29 is 14.3 Å². The molecular weight excluding hydrogens is 384 g/mol. The highest BCUT2D eigenvalue weighted by molar-refractivity contribution is 7.99. The molecule has 0 radical (unpaired) electrons. The number of ether oxygens (including phenoxy) is 1. The Hall–Kier alpha value is -2.60. The lowest BCUT2D eigenvalue weighted by Crippen LogP contribution is -2.46. The molecule has 0 aliphatic carbocycles. The Morgan fingerprint density at radius 1 is 1.24 bits per heavy atom. The summed E-state index contributed by atoms with van der Waals surface area (Å²) in [4.78, 5) is 26.0. The van der Waals surface area contributed by atoms with E-state index in [4.69, 9.17) is 9.84 Å². The molecule has 2 aliphatic rings. The van der Waals surface area contributed by atoms with Crippen LogP contribution in [0.25, 0.3) is 0 Å². The van der Waals surface area contributed by atoms with Gasteiger partial charge in [0, 0.05) is 6.42 Å². The van der Waals surface area contributed by atoms with Crippen molar-refractivity contribution >= 4 is 34.9 Å². The van der Waals surface area contributed by atoms with E-state index in [1.807, 2.05) is 61.5 Å². The van der Waals surface area contributed by atoms with Crippen LogP contribution < -0.4 is 9.75 Å². The topological polar surface area (TPSA) is 59.0 Å². The molecule has 2 heterocycles. The maximum atomic E-state index is 13.9. The molecule has 0 unspecified atom stereocenters. The monoisotopic (exact) mass is 408 g/mol. The fourth-order valence-electron chi connectivity index (χ4n) is 4.54. The minimum atomic E-state index is -0.835. The molecule has 1 fully saturated rings. The standard InChI is InChI=1S/C23H24N2O3S/c1-15(26)12-18-14-29-21(17-8-7-11-20(13-17)28-3)23(18)16(2)24-25(22(23)27)19-9-5-4-6-10-19/h4-11,13,18,21H,12,14H2,1-3H3/t18-,21-,23+/m0/s1. The number of thioether (sulfide) groups is 1. The van der Waals surface area contributed by atoms with Gasteiger partial charge < -0.3 is 9.53 Å². The zero-order valence-corrected chi connectivity index (χ0v) is 17.6. The predicted octanol–water partition coefficient (Wildman–Crippen LogP) is 4.49. The number of rotatable bonds is 5. The number of Topliss-reactive ketones (excluding diaryl/α,β-unsaturated/α-hetero) is 1. The van der Waals surface area contributed by atoms with Crippen LogP contribution in [0.1, 0.15) is 31.1 Å². The highest BCUT2D eigenvalue weighted by atomic mass is 32.2.